The Balaban J connectivity index is 1.78. The van der Waals surface area contributed by atoms with Gasteiger partial charge in [-0.3, -0.25) is 0 Å². The fourth-order valence-electron chi connectivity index (χ4n) is 3.52. The van der Waals surface area contributed by atoms with Gasteiger partial charge in [-0.15, -0.1) is 0 Å². The molecule has 0 bridgehead atoms. The lowest BCUT2D eigenvalue weighted by Crippen LogP contribution is -1.91. The minimum absolute atomic E-state index is 0.246. The summed E-state index contributed by atoms with van der Waals surface area (Å²) in [7, 11) is 0. The quantitative estimate of drug-likeness (QED) is 0.425. The van der Waals surface area contributed by atoms with Crippen molar-refractivity contribution in [3.63, 3.8) is 0 Å². The number of aromatic nitrogens is 2. The van der Waals surface area contributed by atoms with Crippen LogP contribution in [0, 0.1) is 0 Å². The summed E-state index contributed by atoms with van der Waals surface area (Å²) in [5.74, 6) is 0.246. The SMILES string of the molecule is Oc1cccc(-c2cc(-c3ccccc3)cn3cc(-c4ccccc4)nc23)c1. The monoisotopic (exact) mass is 362 g/mol. The summed E-state index contributed by atoms with van der Waals surface area (Å²) < 4.78 is 2.07. The summed E-state index contributed by atoms with van der Waals surface area (Å²) >= 11 is 0. The first-order chi connectivity index (χ1) is 13.8. The van der Waals surface area contributed by atoms with Crippen molar-refractivity contribution in [3.05, 3.63) is 103 Å². The Bertz CT molecular complexity index is 1260. The van der Waals surface area contributed by atoms with Gasteiger partial charge in [-0.05, 0) is 34.9 Å². The molecule has 0 atom stereocenters. The van der Waals surface area contributed by atoms with E-state index in [1.165, 1.54) is 0 Å². The zero-order chi connectivity index (χ0) is 18.9. The van der Waals surface area contributed by atoms with E-state index >= 15 is 0 Å². The molecular formula is C25H18N2O. The lowest BCUT2D eigenvalue weighted by atomic mass is 10.0. The van der Waals surface area contributed by atoms with Crippen molar-refractivity contribution in [3.8, 4) is 39.3 Å². The summed E-state index contributed by atoms with van der Waals surface area (Å²) in [6, 6.07) is 29.9. The van der Waals surface area contributed by atoms with Crippen LogP contribution in [-0.4, -0.2) is 14.5 Å². The first-order valence-corrected chi connectivity index (χ1v) is 9.21. The zero-order valence-corrected chi connectivity index (χ0v) is 15.2. The molecule has 134 valence electrons. The molecule has 0 aliphatic heterocycles. The third kappa shape index (κ3) is 2.93. The van der Waals surface area contributed by atoms with Crippen LogP contribution in [0.1, 0.15) is 0 Å². The third-order valence-corrected chi connectivity index (χ3v) is 4.89. The number of imidazole rings is 1. The highest BCUT2D eigenvalue weighted by Gasteiger charge is 2.13. The van der Waals surface area contributed by atoms with Gasteiger partial charge in [-0.2, -0.15) is 0 Å². The van der Waals surface area contributed by atoms with Gasteiger partial charge in [0.05, 0.1) is 5.69 Å². The standard InChI is InChI=1S/C25H18N2O/c28-22-13-7-12-20(14-22)23-15-21(18-8-3-1-4-9-18)16-27-17-24(26-25(23)27)19-10-5-2-6-11-19/h1-17,28H. The Kier molecular flexibility index (Phi) is 3.91. The maximum atomic E-state index is 9.99. The van der Waals surface area contributed by atoms with Gasteiger partial charge in [0.1, 0.15) is 11.4 Å². The number of nitrogens with zero attached hydrogens (tertiary/aromatic N) is 2. The minimum Gasteiger partial charge on any atom is -0.508 e. The van der Waals surface area contributed by atoms with Crippen molar-refractivity contribution in [2.45, 2.75) is 0 Å². The maximum absolute atomic E-state index is 9.99. The highest BCUT2D eigenvalue weighted by molar-refractivity contribution is 5.84. The van der Waals surface area contributed by atoms with Crippen molar-refractivity contribution in [1.29, 1.82) is 0 Å². The molecule has 5 rings (SSSR count). The molecule has 0 aliphatic carbocycles. The summed E-state index contributed by atoms with van der Waals surface area (Å²) in [6.07, 6.45) is 4.17. The molecule has 5 aromatic rings. The van der Waals surface area contributed by atoms with Crippen LogP contribution in [0.4, 0.5) is 0 Å². The lowest BCUT2D eigenvalue weighted by Gasteiger charge is -2.09. The highest BCUT2D eigenvalue weighted by Crippen LogP contribution is 2.33. The van der Waals surface area contributed by atoms with Crippen molar-refractivity contribution < 1.29 is 5.11 Å². The average Bonchev–Trinajstić information content (AvgIpc) is 3.18. The number of hydrogen-bond donors (Lipinski definition) is 1. The second kappa shape index (κ2) is 6.71. The Morgan fingerprint density at radius 2 is 1.29 bits per heavy atom. The Morgan fingerprint density at radius 1 is 0.607 bits per heavy atom. The van der Waals surface area contributed by atoms with Crippen LogP contribution in [0.15, 0.2) is 103 Å². The summed E-state index contributed by atoms with van der Waals surface area (Å²) in [4.78, 5) is 4.91. The van der Waals surface area contributed by atoms with Gasteiger partial charge in [0.15, 0.2) is 0 Å². The van der Waals surface area contributed by atoms with E-state index in [2.05, 4.69) is 47.1 Å². The van der Waals surface area contributed by atoms with E-state index in [9.17, 15) is 5.11 Å². The number of pyridine rings is 1. The number of phenols is 1. The first kappa shape index (κ1) is 16.3. The maximum Gasteiger partial charge on any atom is 0.145 e. The normalized spacial score (nSPS) is 11.0. The van der Waals surface area contributed by atoms with E-state index in [4.69, 9.17) is 4.98 Å². The van der Waals surface area contributed by atoms with E-state index < -0.39 is 0 Å². The molecule has 0 amide bonds. The summed E-state index contributed by atoms with van der Waals surface area (Å²) in [6.45, 7) is 0. The Labute approximate surface area is 163 Å². The second-order valence-electron chi connectivity index (χ2n) is 6.78. The number of benzene rings is 3. The zero-order valence-electron chi connectivity index (χ0n) is 15.2. The minimum atomic E-state index is 0.246. The fraction of sp³-hybridized carbons (Fsp3) is 0. The van der Waals surface area contributed by atoms with Crippen LogP contribution in [0.25, 0.3) is 39.2 Å². The molecule has 0 radical (unpaired) electrons. The number of hydrogen-bond acceptors (Lipinski definition) is 2. The molecule has 3 nitrogen and oxygen atoms in total. The summed E-state index contributed by atoms with van der Waals surface area (Å²) in [5.41, 5.74) is 7.03. The predicted molar refractivity (Wildman–Crippen MR) is 113 cm³/mol. The van der Waals surface area contributed by atoms with Gasteiger partial charge in [-0.25, -0.2) is 4.98 Å². The average molecular weight is 362 g/mol. The number of aromatic hydroxyl groups is 1. The fourth-order valence-corrected chi connectivity index (χ4v) is 3.52. The van der Waals surface area contributed by atoms with E-state index in [-0.39, 0.29) is 5.75 Å². The van der Waals surface area contributed by atoms with Gasteiger partial charge in [-0.1, -0.05) is 72.8 Å². The number of rotatable bonds is 3. The molecule has 0 fully saturated rings. The van der Waals surface area contributed by atoms with Crippen LogP contribution in [0.3, 0.4) is 0 Å². The Morgan fingerprint density at radius 3 is 2.00 bits per heavy atom. The molecule has 0 aliphatic rings. The molecule has 2 aromatic heterocycles. The molecule has 2 heterocycles. The molecular weight excluding hydrogens is 344 g/mol. The first-order valence-electron chi connectivity index (χ1n) is 9.21. The van der Waals surface area contributed by atoms with Crippen molar-refractivity contribution in [2.24, 2.45) is 0 Å². The van der Waals surface area contributed by atoms with Gasteiger partial charge >= 0.3 is 0 Å². The van der Waals surface area contributed by atoms with Gasteiger partial charge in [0, 0.05) is 23.5 Å². The predicted octanol–water partition coefficient (Wildman–Crippen LogP) is 6.04. The second-order valence-corrected chi connectivity index (χ2v) is 6.78. The topological polar surface area (TPSA) is 37.5 Å². The molecule has 28 heavy (non-hydrogen) atoms. The third-order valence-electron chi connectivity index (χ3n) is 4.89. The number of phenolic OH excluding ortho intramolecular Hbond substituents is 1. The van der Waals surface area contributed by atoms with E-state index in [0.29, 0.717) is 0 Å². The molecule has 0 saturated heterocycles. The van der Waals surface area contributed by atoms with E-state index in [0.717, 1.165) is 39.2 Å². The lowest BCUT2D eigenvalue weighted by molar-refractivity contribution is 0.475. The largest absolute Gasteiger partial charge is 0.508 e. The van der Waals surface area contributed by atoms with Crippen LogP contribution in [-0.2, 0) is 0 Å². The molecule has 0 saturated carbocycles. The molecule has 3 heteroatoms. The molecule has 0 unspecified atom stereocenters. The van der Waals surface area contributed by atoms with Crippen molar-refractivity contribution in [1.82, 2.24) is 9.38 Å². The van der Waals surface area contributed by atoms with Gasteiger partial charge in [0.2, 0.25) is 0 Å². The number of fused-ring (bicyclic) bond motifs is 1. The van der Waals surface area contributed by atoms with Crippen molar-refractivity contribution in [2.75, 3.05) is 0 Å². The van der Waals surface area contributed by atoms with Gasteiger partial charge < -0.3 is 9.51 Å². The van der Waals surface area contributed by atoms with Crippen molar-refractivity contribution >= 4 is 5.65 Å². The van der Waals surface area contributed by atoms with Crippen LogP contribution in [0.5, 0.6) is 5.75 Å². The molecule has 1 N–H and O–H groups in total. The van der Waals surface area contributed by atoms with Crippen LogP contribution < -0.4 is 0 Å². The Hall–Kier alpha value is -3.85. The van der Waals surface area contributed by atoms with Crippen LogP contribution >= 0.6 is 0 Å². The summed E-state index contributed by atoms with van der Waals surface area (Å²) in [5, 5.41) is 9.99. The molecule has 0 spiro atoms. The van der Waals surface area contributed by atoms with E-state index in [1.54, 1.807) is 12.1 Å². The smallest absolute Gasteiger partial charge is 0.145 e. The van der Waals surface area contributed by atoms with Crippen LogP contribution in [0.2, 0.25) is 0 Å². The van der Waals surface area contributed by atoms with E-state index in [1.807, 2.05) is 48.5 Å². The van der Waals surface area contributed by atoms with Gasteiger partial charge in [0.25, 0.3) is 0 Å². The highest BCUT2D eigenvalue weighted by atomic mass is 16.3. The molecule has 3 aromatic carbocycles.